The molecule has 1 aromatic carbocycles. The number of hydrogen-bond donors (Lipinski definition) is 1. The van der Waals surface area contributed by atoms with Crippen molar-refractivity contribution in [2.45, 2.75) is 29.6 Å². The molecule has 1 heterocycles. The Labute approximate surface area is 141 Å². The summed E-state index contributed by atoms with van der Waals surface area (Å²) in [5.41, 5.74) is -0.0378. The number of sulfonamides is 1. The van der Waals surface area contributed by atoms with Crippen molar-refractivity contribution >= 4 is 27.3 Å². The Morgan fingerprint density at radius 1 is 1.29 bits per heavy atom. The van der Waals surface area contributed by atoms with E-state index in [9.17, 15) is 22.0 Å². The molecule has 0 radical (unpaired) electrons. The van der Waals surface area contributed by atoms with Crippen LogP contribution in [0.25, 0.3) is 0 Å². The molecular formula is C15H13F2NO4S2. The summed E-state index contributed by atoms with van der Waals surface area (Å²) in [6.07, 6.45) is 1.30. The number of thiophene rings is 1. The molecule has 0 aliphatic heterocycles. The first-order valence-corrected chi connectivity index (χ1v) is 9.38. The smallest absolute Gasteiger partial charge is 0.336 e. The third-order valence-electron chi connectivity index (χ3n) is 3.68. The van der Waals surface area contributed by atoms with Crippen LogP contribution in [0.15, 0.2) is 33.9 Å². The van der Waals surface area contributed by atoms with E-state index in [1.165, 1.54) is 11.4 Å². The Balaban J connectivity index is 1.93. The summed E-state index contributed by atoms with van der Waals surface area (Å²) in [5.74, 6) is -2.76. The number of benzene rings is 1. The van der Waals surface area contributed by atoms with Crippen molar-refractivity contribution in [2.75, 3.05) is 0 Å². The first-order chi connectivity index (χ1) is 11.3. The van der Waals surface area contributed by atoms with Gasteiger partial charge in [-0.2, -0.15) is 4.31 Å². The van der Waals surface area contributed by atoms with Gasteiger partial charge in [0.1, 0.15) is 15.8 Å². The van der Waals surface area contributed by atoms with Crippen LogP contribution in [-0.4, -0.2) is 29.8 Å². The SMILES string of the molecule is O=C(O)c1csc(S(=O)(=O)N(Cc2ccc(F)cc2F)C2CC2)c1. The average Bonchev–Trinajstić information content (AvgIpc) is 3.20. The van der Waals surface area contributed by atoms with Crippen molar-refractivity contribution in [3.05, 3.63) is 52.4 Å². The van der Waals surface area contributed by atoms with Gasteiger partial charge in [0.25, 0.3) is 10.0 Å². The highest BCUT2D eigenvalue weighted by Gasteiger charge is 2.39. The maximum atomic E-state index is 13.9. The van der Waals surface area contributed by atoms with Gasteiger partial charge in [0, 0.05) is 29.6 Å². The second-order valence-electron chi connectivity index (χ2n) is 5.48. The van der Waals surface area contributed by atoms with Gasteiger partial charge >= 0.3 is 5.97 Å². The Kier molecular flexibility index (Phi) is 4.41. The summed E-state index contributed by atoms with van der Waals surface area (Å²) in [7, 11) is -3.95. The highest BCUT2D eigenvalue weighted by Crippen LogP contribution is 2.35. The number of carbonyl (C=O) groups is 1. The number of aromatic carboxylic acids is 1. The molecule has 5 nitrogen and oxygen atoms in total. The predicted molar refractivity (Wildman–Crippen MR) is 83.4 cm³/mol. The fraction of sp³-hybridized carbons (Fsp3) is 0.267. The van der Waals surface area contributed by atoms with Gasteiger partial charge in [-0.1, -0.05) is 6.07 Å². The summed E-state index contributed by atoms with van der Waals surface area (Å²) in [6.45, 7) is -0.223. The van der Waals surface area contributed by atoms with Crippen molar-refractivity contribution in [1.29, 1.82) is 0 Å². The highest BCUT2D eigenvalue weighted by atomic mass is 32.2. The van der Waals surface area contributed by atoms with E-state index in [0.717, 1.165) is 27.8 Å². The molecular weight excluding hydrogens is 360 g/mol. The van der Waals surface area contributed by atoms with Crippen molar-refractivity contribution in [3.8, 4) is 0 Å². The number of halogens is 2. The monoisotopic (exact) mass is 373 g/mol. The van der Waals surface area contributed by atoms with Crippen LogP contribution in [0.2, 0.25) is 0 Å². The molecule has 3 rings (SSSR count). The maximum absolute atomic E-state index is 13.9. The molecule has 0 atom stereocenters. The molecule has 1 fully saturated rings. The number of rotatable bonds is 6. The maximum Gasteiger partial charge on any atom is 0.336 e. The molecule has 0 unspecified atom stereocenters. The molecule has 9 heteroatoms. The van der Waals surface area contributed by atoms with Crippen molar-refractivity contribution in [1.82, 2.24) is 4.31 Å². The summed E-state index contributed by atoms with van der Waals surface area (Å²) in [4.78, 5) is 10.9. The molecule has 0 amide bonds. The van der Waals surface area contributed by atoms with Crippen LogP contribution in [0.3, 0.4) is 0 Å². The van der Waals surface area contributed by atoms with Crippen LogP contribution in [0.5, 0.6) is 0 Å². The van der Waals surface area contributed by atoms with Crippen molar-refractivity contribution in [3.63, 3.8) is 0 Å². The number of carboxylic acids is 1. The van der Waals surface area contributed by atoms with Gasteiger partial charge in [-0.25, -0.2) is 22.0 Å². The van der Waals surface area contributed by atoms with Gasteiger partial charge < -0.3 is 5.11 Å². The quantitative estimate of drug-likeness (QED) is 0.844. The van der Waals surface area contributed by atoms with E-state index in [1.54, 1.807) is 0 Å². The molecule has 24 heavy (non-hydrogen) atoms. The molecule has 1 N–H and O–H groups in total. The Morgan fingerprint density at radius 2 is 2.00 bits per heavy atom. The molecule has 1 aromatic heterocycles. The lowest BCUT2D eigenvalue weighted by Gasteiger charge is -2.21. The van der Waals surface area contributed by atoms with E-state index in [0.29, 0.717) is 18.9 Å². The second-order valence-corrected chi connectivity index (χ2v) is 8.51. The number of carboxylic acid groups (broad SMARTS) is 1. The van der Waals surface area contributed by atoms with E-state index in [-0.39, 0.29) is 27.9 Å². The third kappa shape index (κ3) is 3.33. The lowest BCUT2D eigenvalue weighted by molar-refractivity contribution is 0.0697. The summed E-state index contributed by atoms with van der Waals surface area (Å²) < 4.78 is 53.5. The van der Waals surface area contributed by atoms with Crippen LogP contribution in [0.1, 0.15) is 28.8 Å². The minimum Gasteiger partial charge on any atom is -0.478 e. The van der Waals surface area contributed by atoms with Crippen LogP contribution < -0.4 is 0 Å². The lowest BCUT2D eigenvalue weighted by Crippen LogP contribution is -2.32. The molecule has 1 aliphatic rings. The fourth-order valence-electron chi connectivity index (χ4n) is 2.27. The minimum absolute atomic E-state index is 0.0712. The van der Waals surface area contributed by atoms with Gasteiger partial charge in [-0.05, 0) is 25.0 Å². The predicted octanol–water partition coefficient (Wildman–Crippen LogP) is 3.08. The van der Waals surface area contributed by atoms with Gasteiger partial charge in [0.2, 0.25) is 0 Å². The van der Waals surface area contributed by atoms with Gasteiger partial charge in [0.05, 0.1) is 5.56 Å². The molecule has 1 aliphatic carbocycles. The first kappa shape index (κ1) is 17.0. The van der Waals surface area contributed by atoms with Crippen LogP contribution in [0.4, 0.5) is 8.78 Å². The summed E-state index contributed by atoms with van der Waals surface area (Å²) in [5, 5.41) is 10.2. The zero-order valence-corrected chi connectivity index (χ0v) is 13.9. The van der Waals surface area contributed by atoms with E-state index >= 15 is 0 Å². The molecule has 128 valence electrons. The third-order valence-corrected chi connectivity index (χ3v) is 6.99. The molecule has 0 bridgehead atoms. The Bertz CT molecular complexity index is 891. The molecule has 1 saturated carbocycles. The van der Waals surface area contributed by atoms with E-state index in [4.69, 9.17) is 5.11 Å². The average molecular weight is 373 g/mol. The number of hydrogen-bond acceptors (Lipinski definition) is 4. The van der Waals surface area contributed by atoms with Gasteiger partial charge in [0.15, 0.2) is 0 Å². The largest absolute Gasteiger partial charge is 0.478 e. The van der Waals surface area contributed by atoms with Crippen LogP contribution in [0, 0.1) is 11.6 Å². The standard InChI is InChI=1S/C15H13F2NO4S2/c16-11-2-1-9(13(17)6-11)7-18(12-3-4-12)24(21,22)14-5-10(8-23-14)15(19)20/h1-2,5-6,8,12H,3-4,7H2,(H,19,20). The lowest BCUT2D eigenvalue weighted by atomic mass is 10.2. The second kappa shape index (κ2) is 6.23. The Hall–Kier alpha value is -1.84. The van der Waals surface area contributed by atoms with E-state index in [2.05, 4.69) is 0 Å². The summed E-state index contributed by atoms with van der Waals surface area (Å²) in [6, 6.07) is 3.84. The highest BCUT2D eigenvalue weighted by molar-refractivity contribution is 7.91. The minimum atomic E-state index is -3.95. The zero-order valence-electron chi connectivity index (χ0n) is 12.3. The van der Waals surface area contributed by atoms with E-state index < -0.39 is 27.6 Å². The zero-order chi connectivity index (χ0) is 17.5. The van der Waals surface area contributed by atoms with Gasteiger partial charge in [-0.15, -0.1) is 11.3 Å². The van der Waals surface area contributed by atoms with Crippen LogP contribution >= 0.6 is 11.3 Å². The fourth-order valence-corrected chi connectivity index (χ4v) is 5.21. The Morgan fingerprint density at radius 3 is 2.54 bits per heavy atom. The van der Waals surface area contributed by atoms with Crippen molar-refractivity contribution in [2.24, 2.45) is 0 Å². The first-order valence-electron chi connectivity index (χ1n) is 7.06. The number of nitrogens with zero attached hydrogens (tertiary/aromatic N) is 1. The topological polar surface area (TPSA) is 74.7 Å². The molecule has 0 spiro atoms. The van der Waals surface area contributed by atoms with E-state index in [1.807, 2.05) is 0 Å². The van der Waals surface area contributed by atoms with Gasteiger partial charge in [-0.3, -0.25) is 0 Å². The normalized spacial score (nSPS) is 15.0. The van der Waals surface area contributed by atoms with Crippen molar-refractivity contribution < 1.29 is 27.1 Å². The molecule has 2 aromatic rings. The summed E-state index contributed by atoms with van der Waals surface area (Å²) >= 11 is 0.811. The van der Waals surface area contributed by atoms with Crippen LogP contribution in [-0.2, 0) is 16.6 Å². The molecule has 0 saturated heterocycles.